The summed E-state index contributed by atoms with van der Waals surface area (Å²) in [6.07, 6.45) is 4.33. The second kappa shape index (κ2) is 12.0. The number of nitrogens with zero attached hydrogens (tertiary/aromatic N) is 1. The van der Waals surface area contributed by atoms with Crippen LogP contribution in [-0.2, 0) is 30.3 Å². The predicted octanol–water partition coefficient (Wildman–Crippen LogP) is 4.69. The van der Waals surface area contributed by atoms with Gasteiger partial charge in [-0.15, -0.1) is 0 Å². The first-order valence-corrected chi connectivity index (χ1v) is 14.4. The summed E-state index contributed by atoms with van der Waals surface area (Å²) in [5, 5.41) is 9.31. The highest BCUT2D eigenvalue weighted by atomic mass is 16.5. The third-order valence-electron chi connectivity index (χ3n) is 8.47. The van der Waals surface area contributed by atoms with Crippen molar-refractivity contribution < 1.29 is 33.7 Å². The van der Waals surface area contributed by atoms with Gasteiger partial charge in [0.1, 0.15) is 24.7 Å². The average Bonchev–Trinajstić information content (AvgIpc) is 3.42. The van der Waals surface area contributed by atoms with Crippen LogP contribution in [0, 0.1) is 17.8 Å². The molecule has 1 aliphatic carbocycles. The van der Waals surface area contributed by atoms with Crippen LogP contribution >= 0.6 is 0 Å². The molecule has 8 heteroatoms. The number of ether oxygens (including phenoxy) is 3. The van der Waals surface area contributed by atoms with E-state index in [-0.39, 0.29) is 55.2 Å². The van der Waals surface area contributed by atoms with Crippen molar-refractivity contribution in [3.8, 4) is 16.9 Å². The molecule has 0 spiro atoms. The normalized spacial score (nSPS) is 21.2. The fourth-order valence-corrected chi connectivity index (χ4v) is 6.47. The lowest BCUT2D eigenvalue weighted by Gasteiger charge is -2.47. The molecule has 2 aromatic carbocycles. The first-order valence-electron chi connectivity index (χ1n) is 14.4. The minimum atomic E-state index is -0.555. The summed E-state index contributed by atoms with van der Waals surface area (Å²) in [6.45, 7) is 9.94. The number of methoxy groups -OCH3 is 1. The van der Waals surface area contributed by atoms with Crippen molar-refractivity contribution >= 4 is 23.4 Å². The quantitative estimate of drug-likeness (QED) is 0.154. The molecule has 0 radical (unpaired) electrons. The minimum absolute atomic E-state index is 0.0454. The van der Waals surface area contributed by atoms with Gasteiger partial charge in [0.15, 0.2) is 0 Å². The van der Waals surface area contributed by atoms with Gasteiger partial charge in [-0.05, 0) is 52.7 Å². The second-order valence-corrected chi connectivity index (χ2v) is 11.3. The molecule has 1 saturated heterocycles. The molecule has 3 atom stereocenters. The van der Waals surface area contributed by atoms with Crippen molar-refractivity contribution in [2.45, 2.75) is 39.7 Å². The SMILES string of the molecule is C=CCOC(=O)C1=C(COc2cccc3c2-c2ccc(CCCO)cc2/C3=C\C(=O)OC)[C@H](C)C2C(C(C)C)C(=O)N12. The number of aliphatic hydroxyl groups excluding tert-OH is 1. The highest BCUT2D eigenvalue weighted by Gasteiger charge is 2.59. The Kier molecular flexibility index (Phi) is 8.36. The maximum atomic E-state index is 13.2. The molecule has 1 fully saturated rings. The van der Waals surface area contributed by atoms with E-state index in [4.69, 9.17) is 14.2 Å². The van der Waals surface area contributed by atoms with Gasteiger partial charge < -0.3 is 24.2 Å². The van der Waals surface area contributed by atoms with E-state index in [2.05, 4.69) is 6.58 Å². The summed E-state index contributed by atoms with van der Waals surface area (Å²) in [4.78, 5) is 40.3. The first-order chi connectivity index (χ1) is 20.2. The van der Waals surface area contributed by atoms with Gasteiger partial charge in [-0.2, -0.15) is 0 Å². The van der Waals surface area contributed by atoms with Crippen LogP contribution in [0.15, 0.2) is 66.4 Å². The molecule has 2 aliphatic heterocycles. The number of carbonyl (C=O) groups excluding carboxylic acids is 3. The number of hydrogen-bond donors (Lipinski definition) is 1. The van der Waals surface area contributed by atoms with Crippen LogP contribution in [-0.4, -0.2) is 60.8 Å². The summed E-state index contributed by atoms with van der Waals surface area (Å²) in [5.74, 6) is -0.592. The van der Waals surface area contributed by atoms with E-state index >= 15 is 0 Å². The highest BCUT2D eigenvalue weighted by Crippen LogP contribution is 2.51. The Bertz CT molecular complexity index is 1500. The van der Waals surface area contributed by atoms with E-state index in [1.807, 2.05) is 57.2 Å². The molecule has 8 nitrogen and oxygen atoms in total. The van der Waals surface area contributed by atoms with Crippen molar-refractivity contribution in [1.29, 1.82) is 0 Å². The van der Waals surface area contributed by atoms with E-state index in [0.717, 1.165) is 39.0 Å². The lowest BCUT2D eigenvalue weighted by molar-refractivity contribution is -0.160. The number of rotatable bonds is 11. The Morgan fingerprint density at radius 1 is 1.14 bits per heavy atom. The molecular formula is C34H37NO7. The Hall–Kier alpha value is -4.17. The Labute approximate surface area is 246 Å². The third-order valence-corrected chi connectivity index (χ3v) is 8.47. The number of benzene rings is 2. The Morgan fingerprint density at radius 3 is 2.62 bits per heavy atom. The van der Waals surface area contributed by atoms with Gasteiger partial charge in [-0.1, -0.05) is 63.8 Å². The van der Waals surface area contributed by atoms with Crippen LogP contribution in [0.2, 0.25) is 0 Å². The van der Waals surface area contributed by atoms with E-state index in [0.29, 0.717) is 18.6 Å². The van der Waals surface area contributed by atoms with Gasteiger partial charge in [-0.25, -0.2) is 9.59 Å². The molecular weight excluding hydrogens is 534 g/mol. The van der Waals surface area contributed by atoms with Gasteiger partial charge in [-0.3, -0.25) is 4.79 Å². The van der Waals surface area contributed by atoms with Crippen LogP contribution < -0.4 is 4.74 Å². The maximum absolute atomic E-state index is 13.2. The number of esters is 2. The summed E-state index contributed by atoms with van der Waals surface area (Å²) in [5.41, 5.74) is 6.27. The van der Waals surface area contributed by atoms with Crippen molar-refractivity contribution in [2.24, 2.45) is 17.8 Å². The van der Waals surface area contributed by atoms with Crippen molar-refractivity contribution in [2.75, 3.05) is 26.9 Å². The zero-order valence-corrected chi connectivity index (χ0v) is 24.5. The largest absolute Gasteiger partial charge is 0.488 e. The van der Waals surface area contributed by atoms with E-state index in [1.54, 1.807) is 4.90 Å². The zero-order chi connectivity index (χ0) is 30.1. The lowest BCUT2D eigenvalue weighted by atomic mass is 9.74. The Morgan fingerprint density at radius 2 is 1.93 bits per heavy atom. The fourth-order valence-electron chi connectivity index (χ4n) is 6.47. The summed E-state index contributed by atoms with van der Waals surface area (Å²) >= 11 is 0. The van der Waals surface area contributed by atoms with Gasteiger partial charge in [0.05, 0.1) is 19.1 Å². The van der Waals surface area contributed by atoms with Crippen molar-refractivity contribution in [1.82, 2.24) is 4.90 Å². The smallest absolute Gasteiger partial charge is 0.355 e. The number of aryl methyl sites for hydroxylation is 1. The molecule has 2 heterocycles. The van der Waals surface area contributed by atoms with Gasteiger partial charge in [0.25, 0.3) is 0 Å². The second-order valence-electron chi connectivity index (χ2n) is 11.3. The number of β-lactam (4-membered cyclic amide) rings is 1. The summed E-state index contributed by atoms with van der Waals surface area (Å²) in [7, 11) is 1.35. The van der Waals surface area contributed by atoms with Gasteiger partial charge in [0, 0.05) is 29.7 Å². The number of amides is 1. The Balaban J connectivity index is 1.53. The molecule has 1 amide bonds. The lowest BCUT2D eigenvalue weighted by Crippen LogP contribution is -2.62. The van der Waals surface area contributed by atoms with E-state index in [1.165, 1.54) is 19.3 Å². The standard InChI is InChI=1S/C34H37NO7/c1-6-15-41-34(39)32-26(20(4)31-29(19(2)3)33(38)35(31)32)18-42-27-11-7-10-22-25(17-28(37)40-5)24-16-21(9-8-14-36)12-13-23(24)30(22)27/h6-7,10-13,16-17,19-20,29,31,36H,1,8-9,14-15,18H2,2-5H3/b25-17-/t20-,29?,31?/m0/s1. The monoisotopic (exact) mass is 571 g/mol. The molecule has 1 N–H and O–H groups in total. The van der Waals surface area contributed by atoms with E-state index in [9.17, 15) is 19.5 Å². The fraction of sp³-hybridized carbons (Fsp3) is 0.382. The number of hydrogen-bond acceptors (Lipinski definition) is 7. The van der Waals surface area contributed by atoms with Crippen molar-refractivity contribution in [3.05, 3.63) is 83.1 Å². The number of fused-ring (bicyclic) bond motifs is 4. The van der Waals surface area contributed by atoms with Crippen LogP contribution in [0.5, 0.6) is 5.75 Å². The molecule has 0 bridgehead atoms. The van der Waals surface area contributed by atoms with Crippen LogP contribution in [0.1, 0.15) is 43.9 Å². The van der Waals surface area contributed by atoms with Crippen molar-refractivity contribution in [3.63, 3.8) is 0 Å². The van der Waals surface area contributed by atoms with Crippen LogP contribution in [0.25, 0.3) is 16.7 Å². The molecule has 220 valence electrons. The number of carbonyl (C=O) groups is 3. The predicted molar refractivity (Wildman–Crippen MR) is 158 cm³/mol. The molecule has 2 unspecified atom stereocenters. The van der Waals surface area contributed by atoms with Gasteiger partial charge in [0.2, 0.25) is 5.91 Å². The third kappa shape index (κ3) is 4.94. The topological polar surface area (TPSA) is 102 Å². The van der Waals surface area contributed by atoms with E-state index < -0.39 is 11.9 Å². The number of aliphatic hydroxyl groups is 1. The molecule has 3 aliphatic rings. The highest BCUT2D eigenvalue weighted by molar-refractivity contribution is 6.08. The van der Waals surface area contributed by atoms with Crippen LogP contribution in [0.4, 0.5) is 0 Å². The molecule has 5 rings (SSSR count). The minimum Gasteiger partial charge on any atom is -0.488 e. The first kappa shape index (κ1) is 29.3. The summed E-state index contributed by atoms with van der Waals surface area (Å²) in [6, 6.07) is 11.6. The van der Waals surface area contributed by atoms with Gasteiger partial charge >= 0.3 is 11.9 Å². The maximum Gasteiger partial charge on any atom is 0.355 e. The zero-order valence-electron chi connectivity index (χ0n) is 24.5. The summed E-state index contributed by atoms with van der Waals surface area (Å²) < 4.78 is 16.8. The molecule has 0 aromatic heterocycles. The van der Waals surface area contributed by atoms with Crippen LogP contribution in [0.3, 0.4) is 0 Å². The average molecular weight is 572 g/mol. The molecule has 42 heavy (non-hydrogen) atoms. The molecule has 0 saturated carbocycles. The molecule has 2 aromatic rings.